The Bertz CT molecular complexity index is 979. The lowest BCUT2D eigenvalue weighted by molar-refractivity contribution is -0.126. The Morgan fingerprint density at radius 2 is 1.89 bits per heavy atom. The molecule has 1 aliphatic heterocycles. The molecule has 28 heavy (non-hydrogen) atoms. The van der Waals surface area contributed by atoms with E-state index in [4.69, 9.17) is 4.74 Å². The normalized spacial score (nSPS) is 16.6. The fourth-order valence-electron chi connectivity index (χ4n) is 3.04. The van der Waals surface area contributed by atoms with Gasteiger partial charge in [-0.2, -0.15) is 0 Å². The molecule has 1 fully saturated rings. The molecule has 1 atom stereocenters. The van der Waals surface area contributed by atoms with Crippen LogP contribution in [0.5, 0.6) is 5.75 Å². The summed E-state index contributed by atoms with van der Waals surface area (Å²) in [5, 5.41) is 8.96. The summed E-state index contributed by atoms with van der Waals surface area (Å²) in [6.45, 7) is 0.793. The van der Waals surface area contributed by atoms with Crippen LogP contribution in [0.25, 0.3) is 5.69 Å². The molecule has 1 saturated heterocycles. The van der Waals surface area contributed by atoms with Crippen molar-refractivity contribution >= 4 is 17.7 Å². The average Bonchev–Trinajstić information content (AvgIpc) is 3.26. The monoisotopic (exact) mass is 398 g/mol. The number of hydrogen-bond donors (Lipinski definition) is 0. The van der Waals surface area contributed by atoms with Crippen molar-refractivity contribution in [1.29, 1.82) is 0 Å². The van der Waals surface area contributed by atoms with Gasteiger partial charge < -0.3 is 9.64 Å². The highest BCUT2D eigenvalue weighted by molar-refractivity contribution is 8.00. The summed E-state index contributed by atoms with van der Waals surface area (Å²) in [6.07, 6.45) is 0.767. The lowest BCUT2D eigenvalue weighted by atomic mass is 10.3. The molecule has 6 nitrogen and oxygen atoms in total. The molecule has 1 aliphatic rings. The molecule has 0 spiro atoms. The Labute approximate surface area is 166 Å². The number of para-hydroxylation sites is 2. The van der Waals surface area contributed by atoms with E-state index in [1.807, 2.05) is 34.9 Å². The zero-order valence-corrected chi connectivity index (χ0v) is 16.1. The molecule has 1 aromatic heterocycles. The number of carbonyl (C=O) groups excluding carboxylic acids is 1. The van der Waals surface area contributed by atoms with Crippen LogP contribution in [0, 0.1) is 5.82 Å². The van der Waals surface area contributed by atoms with Crippen molar-refractivity contribution in [3.05, 3.63) is 66.2 Å². The largest absolute Gasteiger partial charge is 0.483 e. The van der Waals surface area contributed by atoms with Crippen LogP contribution in [0.3, 0.4) is 0 Å². The van der Waals surface area contributed by atoms with Crippen molar-refractivity contribution in [3.63, 3.8) is 0 Å². The molecule has 0 saturated carbocycles. The SMILES string of the molecule is CN1CCC(Sc2nnc(COc3ccccc3F)n2-c2ccccc2)C1=O. The van der Waals surface area contributed by atoms with E-state index in [9.17, 15) is 9.18 Å². The van der Waals surface area contributed by atoms with Crippen LogP contribution in [0.2, 0.25) is 0 Å². The maximum Gasteiger partial charge on any atom is 0.235 e. The molecule has 1 amide bonds. The Morgan fingerprint density at radius 3 is 2.61 bits per heavy atom. The molecule has 3 aromatic rings. The van der Waals surface area contributed by atoms with Crippen molar-refractivity contribution in [3.8, 4) is 11.4 Å². The first kappa shape index (κ1) is 18.5. The number of carbonyl (C=O) groups is 1. The zero-order chi connectivity index (χ0) is 19.5. The van der Waals surface area contributed by atoms with Gasteiger partial charge in [-0.3, -0.25) is 9.36 Å². The van der Waals surface area contributed by atoms with Gasteiger partial charge in [0.2, 0.25) is 5.91 Å². The molecule has 8 heteroatoms. The third-order valence-electron chi connectivity index (χ3n) is 4.53. The molecule has 1 unspecified atom stereocenters. The first-order chi connectivity index (χ1) is 13.6. The first-order valence-electron chi connectivity index (χ1n) is 8.92. The van der Waals surface area contributed by atoms with E-state index in [0.29, 0.717) is 11.0 Å². The van der Waals surface area contributed by atoms with Crippen LogP contribution in [0.1, 0.15) is 12.2 Å². The van der Waals surface area contributed by atoms with E-state index in [0.717, 1.165) is 18.7 Å². The van der Waals surface area contributed by atoms with Crippen molar-refractivity contribution in [2.45, 2.75) is 23.4 Å². The van der Waals surface area contributed by atoms with Crippen LogP contribution in [0.15, 0.2) is 59.8 Å². The Hall–Kier alpha value is -2.87. The lowest BCUT2D eigenvalue weighted by Gasteiger charge is -2.13. The van der Waals surface area contributed by atoms with Crippen LogP contribution < -0.4 is 4.74 Å². The van der Waals surface area contributed by atoms with Crippen molar-refractivity contribution in [2.75, 3.05) is 13.6 Å². The molecule has 2 heterocycles. The summed E-state index contributed by atoms with van der Waals surface area (Å²) in [5.74, 6) is 0.363. The predicted molar refractivity (Wildman–Crippen MR) is 104 cm³/mol. The summed E-state index contributed by atoms with van der Waals surface area (Å²) in [6, 6.07) is 15.9. The van der Waals surface area contributed by atoms with E-state index in [1.54, 1.807) is 30.1 Å². The van der Waals surface area contributed by atoms with Crippen molar-refractivity contribution < 1.29 is 13.9 Å². The third kappa shape index (κ3) is 3.73. The molecule has 0 N–H and O–H groups in total. The second kappa shape index (κ2) is 8.02. The molecule has 0 bridgehead atoms. The van der Waals surface area contributed by atoms with Crippen LogP contribution in [-0.2, 0) is 11.4 Å². The highest BCUT2D eigenvalue weighted by Gasteiger charge is 2.32. The summed E-state index contributed by atoms with van der Waals surface area (Å²) in [4.78, 5) is 14.0. The van der Waals surface area contributed by atoms with E-state index >= 15 is 0 Å². The fraction of sp³-hybridized carbons (Fsp3) is 0.250. The standard InChI is InChI=1S/C20H19FN4O2S/c1-24-12-11-17(19(24)26)28-20-23-22-18(25(20)14-7-3-2-4-8-14)13-27-16-10-6-5-9-15(16)21/h2-10,17H,11-13H2,1H3. The summed E-state index contributed by atoms with van der Waals surface area (Å²) < 4.78 is 21.3. The zero-order valence-electron chi connectivity index (χ0n) is 15.3. The second-order valence-electron chi connectivity index (χ2n) is 6.44. The number of nitrogens with zero attached hydrogens (tertiary/aromatic N) is 4. The molecular weight excluding hydrogens is 379 g/mol. The number of likely N-dealkylation sites (tertiary alicyclic amines) is 1. The molecular formula is C20H19FN4O2S. The molecule has 2 aromatic carbocycles. The summed E-state index contributed by atoms with van der Waals surface area (Å²) in [7, 11) is 1.80. The Balaban J connectivity index is 1.62. The Kier molecular flexibility index (Phi) is 5.29. The minimum absolute atomic E-state index is 0.0574. The number of hydrogen-bond acceptors (Lipinski definition) is 5. The number of rotatable bonds is 6. The Morgan fingerprint density at radius 1 is 1.14 bits per heavy atom. The maximum absolute atomic E-state index is 13.9. The second-order valence-corrected chi connectivity index (χ2v) is 7.61. The quantitative estimate of drug-likeness (QED) is 0.638. The van der Waals surface area contributed by atoms with Crippen LogP contribution in [-0.4, -0.2) is 44.4 Å². The van der Waals surface area contributed by atoms with E-state index in [1.165, 1.54) is 17.8 Å². The average molecular weight is 398 g/mol. The van der Waals surface area contributed by atoms with Gasteiger partial charge in [-0.25, -0.2) is 4.39 Å². The third-order valence-corrected chi connectivity index (χ3v) is 5.73. The number of aromatic nitrogens is 3. The van der Waals surface area contributed by atoms with Gasteiger partial charge in [0.25, 0.3) is 0 Å². The highest BCUT2D eigenvalue weighted by Crippen LogP contribution is 2.31. The van der Waals surface area contributed by atoms with Gasteiger partial charge in [-0.15, -0.1) is 10.2 Å². The number of ether oxygens (including phenoxy) is 1. The van der Waals surface area contributed by atoms with Gasteiger partial charge in [-0.1, -0.05) is 42.1 Å². The van der Waals surface area contributed by atoms with Crippen LogP contribution in [0.4, 0.5) is 4.39 Å². The molecule has 0 aliphatic carbocycles. The van der Waals surface area contributed by atoms with Crippen molar-refractivity contribution in [2.24, 2.45) is 0 Å². The number of thioether (sulfide) groups is 1. The van der Waals surface area contributed by atoms with Gasteiger partial charge in [0.15, 0.2) is 22.5 Å². The molecule has 0 radical (unpaired) electrons. The van der Waals surface area contributed by atoms with Gasteiger partial charge in [0.1, 0.15) is 6.61 Å². The molecule has 144 valence electrons. The van der Waals surface area contributed by atoms with Crippen molar-refractivity contribution in [1.82, 2.24) is 19.7 Å². The lowest BCUT2D eigenvalue weighted by Crippen LogP contribution is -2.24. The van der Waals surface area contributed by atoms with Gasteiger partial charge in [0.05, 0.1) is 5.25 Å². The van der Waals surface area contributed by atoms with Gasteiger partial charge in [0, 0.05) is 19.3 Å². The first-order valence-corrected chi connectivity index (χ1v) is 9.80. The van der Waals surface area contributed by atoms with E-state index < -0.39 is 5.82 Å². The summed E-state index contributed by atoms with van der Waals surface area (Å²) >= 11 is 1.40. The smallest absolute Gasteiger partial charge is 0.235 e. The van der Waals surface area contributed by atoms with Gasteiger partial charge >= 0.3 is 0 Å². The summed E-state index contributed by atoms with van der Waals surface area (Å²) in [5.41, 5.74) is 0.862. The fourth-order valence-corrected chi connectivity index (χ4v) is 4.20. The minimum Gasteiger partial charge on any atom is -0.483 e. The van der Waals surface area contributed by atoms with Crippen LogP contribution >= 0.6 is 11.8 Å². The minimum atomic E-state index is -0.428. The van der Waals surface area contributed by atoms with E-state index in [2.05, 4.69) is 10.2 Å². The topological polar surface area (TPSA) is 60.2 Å². The van der Waals surface area contributed by atoms with E-state index in [-0.39, 0.29) is 23.5 Å². The number of benzene rings is 2. The maximum atomic E-state index is 13.9. The van der Waals surface area contributed by atoms with Gasteiger partial charge in [-0.05, 0) is 30.7 Å². The highest BCUT2D eigenvalue weighted by atomic mass is 32.2. The number of amides is 1. The predicted octanol–water partition coefficient (Wildman–Crippen LogP) is 3.31. The molecule has 4 rings (SSSR count). The number of halogens is 1.